The summed E-state index contributed by atoms with van der Waals surface area (Å²) in [5.41, 5.74) is 1.92. The van der Waals surface area contributed by atoms with Gasteiger partial charge >= 0.3 is 0 Å². The molecule has 3 nitrogen and oxygen atoms in total. The molecular weight excluding hydrogens is 224 g/mol. The normalized spacial score (nSPS) is 10.0. The van der Waals surface area contributed by atoms with Crippen LogP contribution in [0.1, 0.15) is 12.5 Å². The van der Waals surface area contributed by atoms with Crippen molar-refractivity contribution in [2.45, 2.75) is 13.8 Å². The minimum Gasteiger partial charge on any atom is -0.375 e. The molecule has 0 bridgehead atoms. The first kappa shape index (κ1) is 12.8. The van der Waals surface area contributed by atoms with Crippen LogP contribution in [0.25, 0.3) is 0 Å². The van der Waals surface area contributed by atoms with Gasteiger partial charge in [-0.05, 0) is 31.5 Å². The Morgan fingerprint density at radius 1 is 1.50 bits per heavy atom. The lowest BCUT2D eigenvalue weighted by atomic mass is 10.2. The second kappa shape index (κ2) is 5.75. The van der Waals surface area contributed by atoms with E-state index in [4.69, 9.17) is 11.6 Å². The zero-order valence-corrected chi connectivity index (χ0v) is 10.6. The number of likely N-dealkylation sites (N-methyl/N-ethyl adjacent to an activating group) is 1. The standard InChI is InChI=1S/C12H17ClN2O/c1-4-15(3)12(16)8-14-11-7-9(2)5-6-10(11)13/h5-7,14H,4,8H2,1-3H3. The number of hydrogen-bond acceptors (Lipinski definition) is 2. The molecule has 0 saturated heterocycles. The van der Waals surface area contributed by atoms with E-state index < -0.39 is 0 Å². The van der Waals surface area contributed by atoms with Crippen LogP contribution in [0.4, 0.5) is 5.69 Å². The number of halogens is 1. The molecule has 1 aromatic carbocycles. The van der Waals surface area contributed by atoms with E-state index in [1.54, 1.807) is 11.9 Å². The second-order valence-corrected chi connectivity index (χ2v) is 4.15. The van der Waals surface area contributed by atoms with E-state index in [2.05, 4.69) is 5.32 Å². The SMILES string of the molecule is CCN(C)C(=O)CNc1cc(C)ccc1Cl. The summed E-state index contributed by atoms with van der Waals surface area (Å²) in [5, 5.41) is 3.68. The minimum absolute atomic E-state index is 0.0556. The van der Waals surface area contributed by atoms with Gasteiger partial charge in [-0.2, -0.15) is 0 Å². The highest BCUT2D eigenvalue weighted by Crippen LogP contribution is 2.22. The van der Waals surface area contributed by atoms with Gasteiger partial charge < -0.3 is 10.2 Å². The molecule has 0 fully saturated rings. The van der Waals surface area contributed by atoms with Gasteiger partial charge in [-0.15, -0.1) is 0 Å². The molecule has 0 saturated carbocycles. The van der Waals surface area contributed by atoms with Gasteiger partial charge in [-0.25, -0.2) is 0 Å². The zero-order chi connectivity index (χ0) is 12.1. The van der Waals surface area contributed by atoms with Crippen molar-refractivity contribution in [3.63, 3.8) is 0 Å². The molecular formula is C12H17ClN2O. The fraction of sp³-hybridized carbons (Fsp3) is 0.417. The molecule has 16 heavy (non-hydrogen) atoms. The van der Waals surface area contributed by atoms with E-state index in [0.29, 0.717) is 11.6 Å². The summed E-state index contributed by atoms with van der Waals surface area (Å²) in [6.07, 6.45) is 0. The van der Waals surface area contributed by atoms with Crippen LogP contribution in [0, 0.1) is 6.92 Å². The van der Waals surface area contributed by atoms with Gasteiger partial charge in [0.2, 0.25) is 5.91 Å². The largest absolute Gasteiger partial charge is 0.375 e. The van der Waals surface area contributed by atoms with E-state index in [9.17, 15) is 4.79 Å². The van der Waals surface area contributed by atoms with Gasteiger partial charge in [-0.1, -0.05) is 17.7 Å². The molecule has 0 aliphatic heterocycles. The molecule has 0 aliphatic rings. The average molecular weight is 241 g/mol. The summed E-state index contributed by atoms with van der Waals surface area (Å²) in [7, 11) is 1.78. The third-order valence-corrected chi connectivity index (χ3v) is 2.78. The van der Waals surface area contributed by atoms with Gasteiger partial charge in [0.05, 0.1) is 17.3 Å². The first-order valence-corrected chi connectivity index (χ1v) is 5.66. The number of nitrogens with zero attached hydrogens (tertiary/aromatic N) is 1. The molecule has 0 radical (unpaired) electrons. The summed E-state index contributed by atoms with van der Waals surface area (Å²) in [5.74, 6) is 0.0556. The summed E-state index contributed by atoms with van der Waals surface area (Å²) in [4.78, 5) is 13.2. The molecule has 1 rings (SSSR count). The van der Waals surface area contributed by atoms with E-state index in [0.717, 1.165) is 11.3 Å². The average Bonchev–Trinajstić information content (AvgIpc) is 2.28. The summed E-state index contributed by atoms with van der Waals surface area (Å²) < 4.78 is 0. The van der Waals surface area contributed by atoms with Gasteiger partial charge in [0.15, 0.2) is 0 Å². The molecule has 88 valence electrons. The van der Waals surface area contributed by atoms with Crippen molar-refractivity contribution in [2.75, 3.05) is 25.5 Å². The van der Waals surface area contributed by atoms with E-state index >= 15 is 0 Å². The summed E-state index contributed by atoms with van der Waals surface area (Å²) in [6, 6.07) is 5.70. The van der Waals surface area contributed by atoms with Crippen LogP contribution in [-0.2, 0) is 4.79 Å². The highest BCUT2D eigenvalue weighted by Gasteiger charge is 2.07. The number of carbonyl (C=O) groups is 1. The van der Waals surface area contributed by atoms with E-state index in [-0.39, 0.29) is 12.5 Å². The maximum absolute atomic E-state index is 11.6. The molecule has 0 unspecified atom stereocenters. The van der Waals surface area contributed by atoms with Crippen LogP contribution < -0.4 is 5.32 Å². The molecule has 4 heteroatoms. The predicted octanol–water partition coefficient (Wildman–Crippen LogP) is 2.54. The fourth-order valence-electron chi connectivity index (χ4n) is 1.26. The Bertz CT molecular complexity index is 379. The second-order valence-electron chi connectivity index (χ2n) is 3.74. The van der Waals surface area contributed by atoms with Gasteiger partial charge in [0, 0.05) is 13.6 Å². The lowest BCUT2D eigenvalue weighted by Crippen LogP contribution is -2.31. The highest BCUT2D eigenvalue weighted by molar-refractivity contribution is 6.33. The van der Waals surface area contributed by atoms with Crippen LogP contribution >= 0.6 is 11.6 Å². The molecule has 1 N–H and O–H groups in total. The third-order valence-electron chi connectivity index (χ3n) is 2.45. The number of anilines is 1. The Hall–Kier alpha value is -1.22. The minimum atomic E-state index is 0.0556. The van der Waals surface area contributed by atoms with Crippen molar-refractivity contribution in [1.29, 1.82) is 0 Å². The van der Waals surface area contributed by atoms with E-state index in [1.165, 1.54) is 0 Å². The number of carbonyl (C=O) groups excluding carboxylic acids is 1. The number of benzene rings is 1. The van der Waals surface area contributed by atoms with Gasteiger partial charge in [0.25, 0.3) is 0 Å². The monoisotopic (exact) mass is 240 g/mol. The number of aryl methyl sites for hydroxylation is 1. The van der Waals surface area contributed by atoms with Crippen LogP contribution in [0.2, 0.25) is 5.02 Å². The van der Waals surface area contributed by atoms with Crippen molar-refractivity contribution in [2.24, 2.45) is 0 Å². The maximum Gasteiger partial charge on any atom is 0.241 e. The summed E-state index contributed by atoms with van der Waals surface area (Å²) >= 11 is 6.01. The zero-order valence-electron chi connectivity index (χ0n) is 9.88. The molecule has 1 aromatic rings. The topological polar surface area (TPSA) is 32.3 Å². The molecule has 0 aliphatic carbocycles. The number of rotatable bonds is 4. The first-order valence-electron chi connectivity index (χ1n) is 5.28. The number of amides is 1. The van der Waals surface area contributed by atoms with Crippen molar-refractivity contribution >= 4 is 23.2 Å². The number of hydrogen-bond donors (Lipinski definition) is 1. The fourth-order valence-corrected chi connectivity index (χ4v) is 1.44. The van der Waals surface area contributed by atoms with Gasteiger partial charge in [0.1, 0.15) is 0 Å². The lowest BCUT2D eigenvalue weighted by molar-refractivity contribution is -0.127. The highest BCUT2D eigenvalue weighted by atomic mass is 35.5. The molecule has 0 spiro atoms. The van der Waals surface area contributed by atoms with Crippen LogP contribution in [0.5, 0.6) is 0 Å². The maximum atomic E-state index is 11.6. The predicted molar refractivity (Wildman–Crippen MR) is 68.0 cm³/mol. The molecule has 0 heterocycles. The van der Waals surface area contributed by atoms with Crippen LogP contribution in [0.3, 0.4) is 0 Å². The van der Waals surface area contributed by atoms with Crippen molar-refractivity contribution < 1.29 is 4.79 Å². The Labute approximate surface area is 101 Å². The first-order chi connectivity index (χ1) is 7.54. The Morgan fingerprint density at radius 3 is 2.81 bits per heavy atom. The molecule has 1 amide bonds. The quantitative estimate of drug-likeness (QED) is 0.877. The Morgan fingerprint density at radius 2 is 2.19 bits per heavy atom. The smallest absolute Gasteiger partial charge is 0.241 e. The summed E-state index contributed by atoms with van der Waals surface area (Å²) in [6.45, 7) is 4.91. The lowest BCUT2D eigenvalue weighted by Gasteiger charge is -2.16. The van der Waals surface area contributed by atoms with E-state index in [1.807, 2.05) is 32.0 Å². The van der Waals surface area contributed by atoms with Crippen LogP contribution in [0.15, 0.2) is 18.2 Å². The van der Waals surface area contributed by atoms with Crippen molar-refractivity contribution in [1.82, 2.24) is 4.90 Å². The molecule has 0 atom stereocenters. The Balaban J connectivity index is 2.61. The van der Waals surface area contributed by atoms with Crippen LogP contribution in [-0.4, -0.2) is 30.9 Å². The van der Waals surface area contributed by atoms with Crippen molar-refractivity contribution in [3.05, 3.63) is 28.8 Å². The van der Waals surface area contributed by atoms with Gasteiger partial charge in [-0.3, -0.25) is 4.79 Å². The molecule has 0 aromatic heterocycles. The number of nitrogens with one attached hydrogen (secondary N) is 1. The third kappa shape index (κ3) is 3.42. The van der Waals surface area contributed by atoms with Crippen molar-refractivity contribution in [3.8, 4) is 0 Å². The Kier molecular flexibility index (Phi) is 4.62.